The molecule has 0 spiro atoms. The van der Waals surface area contributed by atoms with Crippen LogP contribution in [-0.2, 0) is 6.42 Å². The molecule has 0 aliphatic carbocycles. The molecule has 0 saturated heterocycles. The van der Waals surface area contributed by atoms with E-state index in [1.807, 2.05) is 0 Å². The van der Waals surface area contributed by atoms with Crippen LogP contribution in [0.4, 0.5) is 0 Å². The van der Waals surface area contributed by atoms with Gasteiger partial charge in [0.25, 0.3) is 0 Å². The Morgan fingerprint density at radius 1 is 1.50 bits per heavy atom. The summed E-state index contributed by atoms with van der Waals surface area (Å²) in [5.41, 5.74) is 0. The molecular formula is C6H8Br2N2. The van der Waals surface area contributed by atoms with Crippen molar-refractivity contribution in [3.63, 3.8) is 0 Å². The maximum atomic E-state index is 4.21. The van der Waals surface area contributed by atoms with Crippen LogP contribution in [0.1, 0.15) is 19.2 Å². The quantitative estimate of drug-likeness (QED) is 0.877. The zero-order valence-electron chi connectivity index (χ0n) is 5.62. The molecule has 0 aliphatic heterocycles. The lowest BCUT2D eigenvalue weighted by atomic mass is 10.3. The van der Waals surface area contributed by atoms with Gasteiger partial charge in [-0.05, 0) is 38.3 Å². The normalized spacial score (nSPS) is 10.3. The number of aromatic amines is 1. The summed E-state index contributed by atoms with van der Waals surface area (Å²) in [4.78, 5) is 7.32. The lowest BCUT2D eigenvalue weighted by Gasteiger charge is -1.86. The zero-order chi connectivity index (χ0) is 7.56. The second-order valence-corrected chi connectivity index (χ2v) is 3.58. The highest BCUT2D eigenvalue weighted by atomic mass is 79.9. The van der Waals surface area contributed by atoms with E-state index in [9.17, 15) is 0 Å². The van der Waals surface area contributed by atoms with Crippen molar-refractivity contribution >= 4 is 31.9 Å². The van der Waals surface area contributed by atoms with E-state index in [-0.39, 0.29) is 0 Å². The Balaban J connectivity index is 2.77. The van der Waals surface area contributed by atoms with Crippen LogP contribution in [0, 0.1) is 0 Å². The number of rotatable bonds is 2. The van der Waals surface area contributed by atoms with E-state index in [4.69, 9.17) is 0 Å². The Hall–Kier alpha value is 0.170. The molecule has 0 atom stereocenters. The van der Waals surface area contributed by atoms with Crippen molar-refractivity contribution in [1.82, 2.24) is 9.97 Å². The van der Waals surface area contributed by atoms with Crippen molar-refractivity contribution in [3.8, 4) is 0 Å². The lowest BCUT2D eigenvalue weighted by molar-refractivity contribution is 0.854. The lowest BCUT2D eigenvalue weighted by Crippen LogP contribution is -1.84. The average Bonchev–Trinajstić information content (AvgIpc) is 2.14. The van der Waals surface area contributed by atoms with Gasteiger partial charge in [0.2, 0.25) is 0 Å². The molecule has 56 valence electrons. The number of H-pyrrole nitrogens is 1. The van der Waals surface area contributed by atoms with Crippen LogP contribution >= 0.6 is 31.9 Å². The van der Waals surface area contributed by atoms with Gasteiger partial charge < -0.3 is 4.98 Å². The third-order valence-electron chi connectivity index (χ3n) is 1.16. The topological polar surface area (TPSA) is 28.7 Å². The van der Waals surface area contributed by atoms with E-state index < -0.39 is 0 Å². The predicted molar refractivity (Wildman–Crippen MR) is 48.0 cm³/mol. The number of hydrogen-bond donors (Lipinski definition) is 1. The van der Waals surface area contributed by atoms with Gasteiger partial charge in [0.05, 0.1) is 0 Å². The first-order valence-electron chi connectivity index (χ1n) is 3.14. The highest BCUT2D eigenvalue weighted by molar-refractivity contribution is 9.13. The van der Waals surface area contributed by atoms with Crippen LogP contribution in [0.5, 0.6) is 0 Å². The van der Waals surface area contributed by atoms with Crippen molar-refractivity contribution in [1.29, 1.82) is 0 Å². The van der Waals surface area contributed by atoms with Crippen LogP contribution in [0.3, 0.4) is 0 Å². The highest BCUT2D eigenvalue weighted by Crippen LogP contribution is 2.19. The maximum absolute atomic E-state index is 4.21. The summed E-state index contributed by atoms with van der Waals surface area (Å²) in [6, 6.07) is 0. The number of hydrogen-bond acceptors (Lipinski definition) is 1. The van der Waals surface area contributed by atoms with Gasteiger partial charge >= 0.3 is 0 Å². The molecule has 0 bridgehead atoms. The van der Waals surface area contributed by atoms with Gasteiger partial charge in [-0.1, -0.05) is 6.92 Å². The average molecular weight is 268 g/mol. The fourth-order valence-electron chi connectivity index (χ4n) is 0.729. The maximum Gasteiger partial charge on any atom is 0.138 e. The molecule has 0 unspecified atom stereocenters. The van der Waals surface area contributed by atoms with Gasteiger partial charge in [-0.15, -0.1) is 0 Å². The van der Waals surface area contributed by atoms with Crippen LogP contribution in [0.15, 0.2) is 9.21 Å². The molecule has 0 radical (unpaired) electrons. The van der Waals surface area contributed by atoms with Gasteiger partial charge in [0.1, 0.15) is 15.0 Å². The van der Waals surface area contributed by atoms with Crippen LogP contribution in [0.25, 0.3) is 0 Å². The second kappa shape index (κ2) is 3.53. The summed E-state index contributed by atoms with van der Waals surface area (Å²) in [7, 11) is 0. The van der Waals surface area contributed by atoms with Gasteiger partial charge in [-0.3, -0.25) is 0 Å². The molecule has 1 rings (SSSR count). The van der Waals surface area contributed by atoms with Crippen molar-refractivity contribution in [3.05, 3.63) is 15.0 Å². The van der Waals surface area contributed by atoms with Crippen molar-refractivity contribution in [2.24, 2.45) is 0 Å². The Bertz CT molecular complexity index is 200. The minimum Gasteiger partial charge on any atom is -0.336 e. The Labute approximate surface area is 76.7 Å². The number of aryl methyl sites for hydroxylation is 1. The van der Waals surface area contributed by atoms with Crippen molar-refractivity contribution in [2.45, 2.75) is 19.8 Å². The standard InChI is InChI=1S/C6H8Br2N2/c1-2-3-4-9-5(7)6(8)10-4/h2-3H2,1H3,(H,9,10). The van der Waals surface area contributed by atoms with E-state index in [0.29, 0.717) is 0 Å². The molecule has 4 heteroatoms. The predicted octanol–water partition coefficient (Wildman–Crippen LogP) is 2.89. The number of imidazole rings is 1. The van der Waals surface area contributed by atoms with Gasteiger partial charge in [-0.25, -0.2) is 4.98 Å². The van der Waals surface area contributed by atoms with Gasteiger partial charge in [0.15, 0.2) is 0 Å². The Morgan fingerprint density at radius 2 is 2.20 bits per heavy atom. The summed E-state index contributed by atoms with van der Waals surface area (Å²) in [5, 5.41) is 0. The first-order chi connectivity index (χ1) is 4.74. The van der Waals surface area contributed by atoms with Crippen molar-refractivity contribution in [2.75, 3.05) is 0 Å². The van der Waals surface area contributed by atoms with E-state index in [2.05, 4.69) is 48.8 Å². The number of nitrogens with one attached hydrogen (secondary N) is 1. The van der Waals surface area contributed by atoms with E-state index in [0.717, 1.165) is 27.9 Å². The summed E-state index contributed by atoms with van der Waals surface area (Å²) in [6.45, 7) is 2.13. The second-order valence-electron chi connectivity index (χ2n) is 2.04. The summed E-state index contributed by atoms with van der Waals surface area (Å²) in [5.74, 6) is 1.03. The molecule has 1 heterocycles. The smallest absolute Gasteiger partial charge is 0.138 e. The third kappa shape index (κ3) is 1.83. The number of halogens is 2. The summed E-state index contributed by atoms with van der Waals surface area (Å²) < 4.78 is 1.78. The molecule has 0 aromatic carbocycles. The summed E-state index contributed by atoms with van der Waals surface area (Å²) in [6.07, 6.45) is 2.12. The van der Waals surface area contributed by atoms with Crippen LogP contribution < -0.4 is 0 Å². The molecule has 1 N–H and O–H groups in total. The van der Waals surface area contributed by atoms with E-state index in [1.165, 1.54) is 0 Å². The van der Waals surface area contributed by atoms with E-state index >= 15 is 0 Å². The van der Waals surface area contributed by atoms with Crippen molar-refractivity contribution < 1.29 is 0 Å². The molecule has 0 saturated carbocycles. The number of nitrogens with zero attached hydrogens (tertiary/aromatic N) is 1. The number of aromatic nitrogens is 2. The molecule has 0 aliphatic rings. The molecule has 0 fully saturated rings. The minimum absolute atomic E-state index is 0.857. The Kier molecular flexibility index (Phi) is 2.92. The van der Waals surface area contributed by atoms with E-state index in [1.54, 1.807) is 0 Å². The van der Waals surface area contributed by atoms with Gasteiger partial charge in [-0.2, -0.15) is 0 Å². The SMILES string of the molecule is CCCc1nc(Br)c(Br)[nH]1. The van der Waals surface area contributed by atoms with Gasteiger partial charge in [0, 0.05) is 6.42 Å². The minimum atomic E-state index is 0.857. The first kappa shape index (κ1) is 8.27. The fourth-order valence-corrected chi connectivity index (χ4v) is 1.36. The summed E-state index contributed by atoms with van der Waals surface area (Å²) >= 11 is 6.62. The van der Waals surface area contributed by atoms with Crippen LogP contribution in [-0.4, -0.2) is 9.97 Å². The molecule has 1 aromatic rings. The molecule has 10 heavy (non-hydrogen) atoms. The van der Waals surface area contributed by atoms with Crippen LogP contribution in [0.2, 0.25) is 0 Å². The largest absolute Gasteiger partial charge is 0.336 e. The third-order valence-corrected chi connectivity index (χ3v) is 2.83. The highest BCUT2D eigenvalue weighted by Gasteiger charge is 2.02. The monoisotopic (exact) mass is 266 g/mol. The zero-order valence-corrected chi connectivity index (χ0v) is 8.79. The molecule has 2 nitrogen and oxygen atoms in total. The molecule has 1 aromatic heterocycles. The first-order valence-corrected chi connectivity index (χ1v) is 4.72. The molecule has 0 amide bonds. The fraction of sp³-hybridized carbons (Fsp3) is 0.500. The Morgan fingerprint density at radius 3 is 2.60 bits per heavy atom. The molecular weight excluding hydrogens is 260 g/mol.